The minimum Gasteiger partial charge on any atom is -0.454 e. The molecule has 0 saturated heterocycles. The Morgan fingerprint density at radius 1 is 0.970 bits per heavy atom. The van der Waals surface area contributed by atoms with E-state index in [1.54, 1.807) is 36.4 Å². The van der Waals surface area contributed by atoms with Gasteiger partial charge in [-0.3, -0.25) is 0 Å². The van der Waals surface area contributed by atoms with Crippen molar-refractivity contribution in [2.45, 2.75) is 16.5 Å². The predicted molar refractivity (Wildman–Crippen MR) is 121 cm³/mol. The summed E-state index contributed by atoms with van der Waals surface area (Å²) in [6.45, 7) is 0.405. The molecular weight excluding hydrogens is 515 g/mol. The molecule has 0 unspecified atom stereocenters. The van der Waals surface area contributed by atoms with E-state index in [1.807, 2.05) is 6.07 Å². The Morgan fingerprint density at radius 3 is 2.45 bits per heavy atom. The fourth-order valence-electron chi connectivity index (χ4n) is 3.27. The maximum atomic E-state index is 13.4. The number of halogens is 2. The third-order valence-electron chi connectivity index (χ3n) is 4.96. The van der Waals surface area contributed by atoms with Crippen LogP contribution < -0.4 is 14.8 Å². The molecule has 1 aliphatic rings. The third kappa shape index (κ3) is 4.31. The number of oxazole rings is 1. The number of nitrogens with one attached hydrogen (secondary N) is 1. The molecule has 0 spiro atoms. The second-order valence-electron chi connectivity index (χ2n) is 7.16. The molecule has 168 valence electrons. The van der Waals surface area contributed by atoms with Crippen LogP contribution in [0.5, 0.6) is 11.5 Å². The van der Waals surface area contributed by atoms with Crippen LogP contribution in [0.2, 0.25) is 0 Å². The molecule has 0 saturated carbocycles. The van der Waals surface area contributed by atoms with E-state index in [-0.39, 0.29) is 35.0 Å². The smallest absolute Gasteiger partial charge is 0.234 e. The minimum absolute atomic E-state index is 0.0186. The van der Waals surface area contributed by atoms with Gasteiger partial charge in [0.05, 0.1) is 4.90 Å². The molecule has 1 aromatic heterocycles. The Balaban J connectivity index is 1.52. The summed E-state index contributed by atoms with van der Waals surface area (Å²) in [5.41, 5.74) is 1.43. The van der Waals surface area contributed by atoms with Crippen molar-refractivity contribution < 1.29 is 26.7 Å². The van der Waals surface area contributed by atoms with Crippen LogP contribution >= 0.6 is 15.9 Å². The van der Waals surface area contributed by atoms with Crippen molar-refractivity contribution in [1.29, 1.82) is 0 Å². The van der Waals surface area contributed by atoms with Gasteiger partial charge in [0.15, 0.2) is 11.5 Å². The zero-order valence-electron chi connectivity index (χ0n) is 16.9. The number of hydrogen-bond donors (Lipinski definition) is 1. The topological polar surface area (TPSA) is 90.7 Å². The second kappa shape index (κ2) is 8.53. The lowest BCUT2D eigenvalue weighted by Crippen LogP contribution is -2.07. The Kier molecular flexibility index (Phi) is 5.55. The maximum Gasteiger partial charge on any atom is 0.234 e. The molecule has 1 N–H and O–H groups in total. The molecule has 0 aliphatic carbocycles. The number of benzene rings is 3. The fourth-order valence-corrected chi connectivity index (χ4v) is 4.82. The lowest BCUT2D eigenvalue weighted by molar-refractivity contribution is 0.174. The van der Waals surface area contributed by atoms with E-state index in [4.69, 9.17) is 13.9 Å². The zero-order chi connectivity index (χ0) is 23.0. The number of ether oxygens (including phenoxy) is 2. The number of hydrogen-bond acceptors (Lipinski definition) is 7. The number of fused-ring (bicyclic) bond motifs is 1. The molecule has 0 amide bonds. The molecule has 3 aromatic carbocycles. The summed E-state index contributed by atoms with van der Waals surface area (Å²) in [5.74, 6) is 0.842. The van der Waals surface area contributed by atoms with Crippen molar-refractivity contribution in [3.63, 3.8) is 0 Å². The molecule has 4 aromatic rings. The standard InChI is InChI=1S/C23H16BrFN2O5S/c24-16-4-2-15(3-5-16)21-27-23(33(28,29)18-8-6-17(25)7-9-18)22(32-21)26-12-14-1-10-19-20(11-14)31-13-30-19/h1-11,26H,12-13H2. The van der Waals surface area contributed by atoms with Crippen LogP contribution in [0.25, 0.3) is 11.5 Å². The van der Waals surface area contributed by atoms with Gasteiger partial charge in [-0.2, -0.15) is 4.98 Å². The van der Waals surface area contributed by atoms with Gasteiger partial charge in [0.25, 0.3) is 0 Å². The highest BCUT2D eigenvalue weighted by molar-refractivity contribution is 9.10. The van der Waals surface area contributed by atoms with E-state index in [1.165, 1.54) is 12.1 Å². The Labute approximate surface area is 197 Å². The van der Waals surface area contributed by atoms with E-state index < -0.39 is 15.7 Å². The molecule has 33 heavy (non-hydrogen) atoms. The maximum absolute atomic E-state index is 13.4. The van der Waals surface area contributed by atoms with Crippen molar-refractivity contribution in [3.8, 4) is 23.0 Å². The highest BCUT2D eigenvalue weighted by atomic mass is 79.9. The Bertz CT molecular complexity index is 1420. The van der Waals surface area contributed by atoms with Gasteiger partial charge in [0, 0.05) is 16.6 Å². The molecule has 10 heteroatoms. The van der Waals surface area contributed by atoms with E-state index in [0.717, 1.165) is 22.2 Å². The first-order chi connectivity index (χ1) is 15.9. The van der Waals surface area contributed by atoms with Gasteiger partial charge < -0.3 is 19.2 Å². The summed E-state index contributed by atoms with van der Waals surface area (Å²) in [4.78, 5) is 4.19. The largest absolute Gasteiger partial charge is 0.454 e. The van der Waals surface area contributed by atoms with Crippen molar-refractivity contribution in [2.75, 3.05) is 12.1 Å². The summed E-state index contributed by atoms with van der Waals surface area (Å²) in [6, 6.07) is 17.1. The molecule has 0 radical (unpaired) electrons. The molecule has 0 fully saturated rings. The normalized spacial score (nSPS) is 12.7. The monoisotopic (exact) mass is 530 g/mol. The Morgan fingerprint density at radius 2 is 1.70 bits per heavy atom. The quantitative estimate of drug-likeness (QED) is 0.333. The lowest BCUT2D eigenvalue weighted by atomic mass is 10.2. The van der Waals surface area contributed by atoms with Crippen molar-refractivity contribution >= 4 is 31.7 Å². The summed E-state index contributed by atoms with van der Waals surface area (Å²) in [5, 5.41) is 2.74. The zero-order valence-corrected chi connectivity index (χ0v) is 19.3. The van der Waals surface area contributed by atoms with Gasteiger partial charge in [-0.05, 0) is 66.2 Å². The highest BCUT2D eigenvalue weighted by Crippen LogP contribution is 2.35. The number of anilines is 1. The lowest BCUT2D eigenvalue weighted by Gasteiger charge is -2.07. The Hall–Kier alpha value is -3.37. The van der Waals surface area contributed by atoms with E-state index >= 15 is 0 Å². The average molecular weight is 531 g/mol. The third-order valence-corrected chi connectivity index (χ3v) is 7.16. The van der Waals surface area contributed by atoms with Crippen LogP contribution in [0.4, 0.5) is 10.3 Å². The summed E-state index contributed by atoms with van der Waals surface area (Å²) in [6.07, 6.45) is 0. The van der Waals surface area contributed by atoms with Gasteiger partial charge in [-0.15, -0.1) is 0 Å². The number of rotatable bonds is 6. The molecular formula is C23H16BrFN2O5S. The first kappa shape index (κ1) is 21.5. The number of nitrogens with zero attached hydrogens (tertiary/aromatic N) is 1. The van der Waals surface area contributed by atoms with Crippen LogP contribution in [0.3, 0.4) is 0 Å². The van der Waals surface area contributed by atoms with Gasteiger partial charge in [0.1, 0.15) is 5.82 Å². The first-order valence-electron chi connectivity index (χ1n) is 9.80. The average Bonchev–Trinajstić information content (AvgIpc) is 3.45. The number of sulfone groups is 1. The molecule has 1 aliphatic heterocycles. The van der Waals surface area contributed by atoms with Crippen molar-refractivity contribution in [2.24, 2.45) is 0 Å². The molecule has 0 bridgehead atoms. The van der Waals surface area contributed by atoms with Gasteiger partial charge in [-0.1, -0.05) is 22.0 Å². The van der Waals surface area contributed by atoms with Gasteiger partial charge >= 0.3 is 0 Å². The van der Waals surface area contributed by atoms with E-state index in [2.05, 4.69) is 26.2 Å². The first-order valence-corrected chi connectivity index (χ1v) is 12.1. The number of aromatic nitrogens is 1. The van der Waals surface area contributed by atoms with Crippen LogP contribution in [0.15, 0.2) is 85.5 Å². The molecule has 0 atom stereocenters. The van der Waals surface area contributed by atoms with Crippen LogP contribution in [-0.4, -0.2) is 20.2 Å². The van der Waals surface area contributed by atoms with Crippen LogP contribution in [-0.2, 0) is 16.4 Å². The fraction of sp³-hybridized carbons (Fsp3) is 0.0870. The second-order valence-corrected chi connectivity index (χ2v) is 9.94. The summed E-state index contributed by atoms with van der Waals surface area (Å²) in [7, 11) is -4.08. The predicted octanol–water partition coefficient (Wildman–Crippen LogP) is 5.42. The van der Waals surface area contributed by atoms with E-state index in [9.17, 15) is 12.8 Å². The summed E-state index contributed by atoms with van der Waals surface area (Å²) < 4.78 is 57.4. The van der Waals surface area contributed by atoms with Gasteiger partial charge in [0.2, 0.25) is 33.4 Å². The van der Waals surface area contributed by atoms with Crippen LogP contribution in [0.1, 0.15) is 5.56 Å². The minimum atomic E-state index is -4.08. The van der Waals surface area contributed by atoms with Crippen molar-refractivity contribution in [3.05, 3.63) is 82.6 Å². The highest BCUT2D eigenvalue weighted by Gasteiger charge is 2.28. The molecule has 5 rings (SSSR count). The van der Waals surface area contributed by atoms with Crippen molar-refractivity contribution in [1.82, 2.24) is 4.98 Å². The molecule has 7 nitrogen and oxygen atoms in total. The van der Waals surface area contributed by atoms with E-state index in [0.29, 0.717) is 17.1 Å². The van der Waals surface area contributed by atoms with Gasteiger partial charge in [-0.25, -0.2) is 12.8 Å². The summed E-state index contributed by atoms with van der Waals surface area (Å²) >= 11 is 3.37. The molecule has 2 heterocycles. The SMILES string of the molecule is O=S(=O)(c1ccc(F)cc1)c1nc(-c2ccc(Br)cc2)oc1NCc1ccc2c(c1)OCO2. The van der Waals surface area contributed by atoms with Crippen LogP contribution in [0, 0.1) is 5.82 Å².